The maximum Gasteiger partial charge on any atom is 0.131 e. The summed E-state index contributed by atoms with van der Waals surface area (Å²) >= 11 is 5.93. The molecule has 2 heterocycles. The Morgan fingerprint density at radius 2 is 1.95 bits per heavy atom. The highest BCUT2D eigenvalue weighted by molar-refractivity contribution is 6.30. The van der Waals surface area contributed by atoms with Crippen molar-refractivity contribution in [1.29, 1.82) is 0 Å². The molecule has 0 aliphatic heterocycles. The summed E-state index contributed by atoms with van der Waals surface area (Å²) in [7, 11) is 0. The van der Waals surface area contributed by atoms with Gasteiger partial charge in [-0.2, -0.15) is 5.10 Å². The molecule has 1 fully saturated rings. The number of hydrogen-bond donors (Lipinski definition) is 0. The third-order valence-corrected chi connectivity index (χ3v) is 3.80. The molecular weight excluding hydrogens is 277 g/mol. The van der Waals surface area contributed by atoms with E-state index >= 15 is 0 Å². The van der Waals surface area contributed by atoms with Gasteiger partial charge < -0.3 is 0 Å². The molecule has 4 rings (SSSR count). The van der Waals surface area contributed by atoms with Crippen LogP contribution in [0, 0.1) is 5.82 Å². The fraction of sp³-hybridized carbons (Fsp3) is 0.200. The molecule has 1 aliphatic rings. The van der Waals surface area contributed by atoms with Gasteiger partial charge in [-0.1, -0.05) is 11.6 Å². The zero-order valence-electron chi connectivity index (χ0n) is 10.6. The molecular formula is C15H11ClFN3. The van der Waals surface area contributed by atoms with Gasteiger partial charge in [-0.25, -0.2) is 14.1 Å². The normalized spacial score (nSPS) is 14.9. The quantitative estimate of drug-likeness (QED) is 0.665. The van der Waals surface area contributed by atoms with Crippen LogP contribution >= 0.6 is 11.6 Å². The number of aromatic nitrogens is 3. The van der Waals surface area contributed by atoms with E-state index in [0.29, 0.717) is 11.1 Å². The Labute approximate surface area is 120 Å². The van der Waals surface area contributed by atoms with E-state index < -0.39 is 0 Å². The number of halogens is 2. The summed E-state index contributed by atoms with van der Waals surface area (Å²) in [4.78, 5) is 4.15. The lowest BCUT2D eigenvalue weighted by Crippen LogP contribution is -2.01. The van der Waals surface area contributed by atoms with Gasteiger partial charge in [-0.15, -0.1) is 0 Å². The van der Waals surface area contributed by atoms with Crippen LogP contribution in [-0.2, 0) is 0 Å². The van der Waals surface area contributed by atoms with Crippen molar-refractivity contribution in [2.24, 2.45) is 0 Å². The van der Waals surface area contributed by atoms with E-state index in [1.165, 1.54) is 12.1 Å². The van der Waals surface area contributed by atoms with Crippen LogP contribution in [0.1, 0.15) is 24.5 Å². The second-order valence-corrected chi connectivity index (χ2v) is 5.46. The number of rotatable bonds is 2. The zero-order chi connectivity index (χ0) is 13.7. The summed E-state index contributed by atoms with van der Waals surface area (Å²) in [5.41, 5.74) is 2.84. The Hall–Kier alpha value is -1.94. The molecule has 1 saturated carbocycles. The molecule has 1 aliphatic carbocycles. The first-order chi connectivity index (χ1) is 9.72. The molecule has 5 heteroatoms. The van der Waals surface area contributed by atoms with Crippen LogP contribution in [-0.4, -0.2) is 14.8 Å². The maximum atomic E-state index is 13.1. The first kappa shape index (κ1) is 11.9. The van der Waals surface area contributed by atoms with Gasteiger partial charge in [0.15, 0.2) is 0 Å². The molecule has 0 amide bonds. The fourth-order valence-electron chi connectivity index (χ4n) is 2.50. The molecule has 100 valence electrons. The Morgan fingerprint density at radius 3 is 2.65 bits per heavy atom. The van der Waals surface area contributed by atoms with Gasteiger partial charge in [0.1, 0.15) is 11.0 Å². The second-order valence-electron chi connectivity index (χ2n) is 5.07. The average molecular weight is 288 g/mol. The van der Waals surface area contributed by atoms with E-state index in [1.807, 2.05) is 4.68 Å². The van der Waals surface area contributed by atoms with Crippen molar-refractivity contribution in [3.05, 3.63) is 53.2 Å². The molecule has 3 nitrogen and oxygen atoms in total. The van der Waals surface area contributed by atoms with Crippen LogP contribution in [0.4, 0.5) is 4.39 Å². The third kappa shape index (κ3) is 1.88. The first-order valence-electron chi connectivity index (χ1n) is 6.52. The van der Waals surface area contributed by atoms with Gasteiger partial charge in [0, 0.05) is 23.6 Å². The standard InChI is InChI=1S/C15H11ClFN3/c16-14-7-13-12(8-18-14)15(9-1-2-9)20(19-13)11-5-3-10(17)4-6-11/h3-9H,1-2H2. The lowest BCUT2D eigenvalue weighted by Gasteiger charge is -2.06. The summed E-state index contributed by atoms with van der Waals surface area (Å²) in [5, 5.41) is 6.07. The highest BCUT2D eigenvalue weighted by Crippen LogP contribution is 2.44. The van der Waals surface area contributed by atoms with Gasteiger partial charge in [0.25, 0.3) is 0 Å². The fourth-order valence-corrected chi connectivity index (χ4v) is 2.66. The van der Waals surface area contributed by atoms with E-state index in [0.717, 1.165) is 35.1 Å². The molecule has 0 bridgehead atoms. The number of fused-ring (bicyclic) bond motifs is 1. The topological polar surface area (TPSA) is 30.7 Å². The van der Waals surface area contributed by atoms with E-state index in [9.17, 15) is 4.39 Å². The molecule has 0 atom stereocenters. The molecule has 3 aromatic rings. The summed E-state index contributed by atoms with van der Waals surface area (Å²) in [5.74, 6) is 0.260. The van der Waals surface area contributed by atoms with Gasteiger partial charge in [0.05, 0.1) is 16.9 Å². The van der Waals surface area contributed by atoms with E-state index in [2.05, 4.69) is 10.1 Å². The minimum atomic E-state index is -0.247. The Balaban J connectivity index is 1.97. The molecule has 0 spiro atoms. The zero-order valence-corrected chi connectivity index (χ0v) is 11.3. The predicted molar refractivity (Wildman–Crippen MR) is 75.8 cm³/mol. The average Bonchev–Trinajstić information content (AvgIpc) is 3.20. The monoisotopic (exact) mass is 287 g/mol. The van der Waals surface area contributed by atoms with Crippen molar-refractivity contribution in [2.75, 3.05) is 0 Å². The largest absolute Gasteiger partial charge is 0.244 e. The minimum Gasteiger partial charge on any atom is -0.244 e. The van der Waals surface area contributed by atoms with Crippen LogP contribution in [0.15, 0.2) is 36.5 Å². The van der Waals surface area contributed by atoms with E-state index in [1.54, 1.807) is 24.4 Å². The Kier molecular flexibility index (Phi) is 2.54. The number of hydrogen-bond acceptors (Lipinski definition) is 2. The maximum absolute atomic E-state index is 13.1. The van der Waals surface area contributed by atoms with Crippen LogP contribution < -0.4 is 0 Å². The minimum absolute atomic E-state index is 0.247. The summed E-state index contributed by atoms with van der Waals surface area (Å²) in [6.45, 7) is 0. The van der Waals surface area contributed by atoms with Crippen molar-refractivity contribution < 1.29 is 4.39 Å². The number of benzene rings is 1. The molecule has 0 saturated heterocycles. The van der Waals surface area contributed by atoms with E-state index in [4.69, 9.17) is 11.6 Å². The van der Waals surface area contributed by atoms with Crippen molar-refractivity contribution in [3.63, 3.8) is 0 Å². The van der Waals surface area contributed by atoms with Crippen LogP contribution in [0.2, 0.25) is 5.15 Å². The predicted octanol–water partition coefficient (Wildman–Crippen LogP) is 4.09. The summed E-state index contributed by atoms with van der Waals surface area (Å²) in [6, 6.07) is 8.14. The lowest BCUT2D eigenvalue weighted by atomic mass is 10.2. The van der Waals surface area contributed by atoms with Crippen LogP contribution in [0.3, 0.4) is 0 Å². The molecule has 0 unspecified atom stereocenters. The third-order valence-electron chi connectivity index (χ3n) is 3.60. The van der Waals surface area contributed by atoms with Gasteiger partial charge in [-0.05, 0) is 37.1 Å². The summed E-state index contributed by atoms with van der Waals surface area (Å²) < 4.78 is 15.0. The van der Waals surface area contributed by atoms with Crippen molar-refractivity contribution in [1.82, 2.24) is 14.8 Å². The van der Waals surface area contributed by atoms with Crippen molar-refractivity contribution >= 4 is 22.5 Å². The smallest absolute Gasteiger partial charge is 0.131 e. The Morgan fingerprint density at radius 1 is 1.20 bits per heavy atom. The molecule has 0 radical (unpaired) electrons. The van der Waals surface area contributed by atoms with Gasteiger partial charge in [-0.3, -0.25) is 0 Å². The highest BCUT2D eigenvalue weighted by atomic mass is 35.5. The molecule has 1 aromatic carbocycles. The van der Waals surface area contributed by atoms with Crippen LogP contribution in [0.5, 0.6) is 0 Å². The molecule has 20 heavy (non-hydrogen) atoms. The van der Waals surface area contributed by atoms with Crippen molar-refractivity contribution in [2.45, 2.75) is 18.8 Å². The second kappa shape index (κ2) is 4.28. The molecule has 2 aromatic heterocycles. The van der Waals surface area contributed by atoms with E-state index in [-0.39, 0.29) is 5.82 Å². The summed E-state index contributed by atoms with van der Waals surface area (Å²) in [6.07, 6.45) is 4.09. The van der Waals surface area contributed by atoms with Gasteiger partial charge in [0.2, 0.25) is 0 Å². The highest BCUT2D eigenvalue weighted by Gasteiger charge is 2.30. The number of nitrogens with zero attached hydrogens (tertiary/aromatic N) is 3. The number of pyridine rings is 1. The Bertz CT molecular complexity index is 791. The lowest BCUT2D eigenvalue weighted by molar-refractivity contribution is 0.627. The van der Waals surface area contributed by atoms with Crippen molar-refractivity contribution in [3.8, 4) is 5.69 Å². The molecule has 0 N–H and O–H groups in total. The first-order valence-corrected chi connectivity index (χ1v) is 6.90. The van der Waals surface area contributed by atoms with Crippen LogP contribution in [0.25, 0.3) is 16.6 Å². The SMILES string of the molecule is Fc1ccc(-n2nc3cc(Cl)ncc3c2C2CC2)cc1. The van der Waals surface area contributed by atoms with Gasteiger partial charge >= 0.3 is 0 Å².